The Labute approximate surface area is 124 Å². The van der Waals surface area contributed by atoms with Crippen LogP contribution in [-0.4, -0.2) is 7.05 Å². The zero-order valence-corrected chi connectivity index (χ0v) is 12.8. The Morgan fingerprint density at radius 3 is 2.60 bits per heavy atom. The van der Waals surface area contributed by atoms with Crippen molar-refractivity contribution >= 4 is 11.6 Å². The Balaban J connectivity index is 2.31. The fraction of sp³-hybridized carbons (Fsp3) is 0.294. The summed E-state index contributed by atoms with van der Waals surface area (Å²) in [7, 11) is 1.93. The maximum Gasteiger partial charge on any atom is 0.123 e. The van der Waals surface area contributed by atoms with E-state index in [4.69, 9.17) is 11.6 Å². The lowest BCUT2D eigenvalue weighted by Gasteiger charge is -2.20. The van der Waals surface area contributed by atoms with Gasteiger partial charge in [-0.2, -0.15) is 0 Å². The van der Waals surface area contributed by atoms with Crippen LogP contribution in [0.15, 0.2) is 36.4 Å². The quantitative estimate of drug-likeness (QED) is 0.868. The standard InChI is InChI=1S/C17H19ClFN/c1-11-9-14(19)8-7-13(11)10-17(20-3)15-5-4-6-16(18)12(15)2/h4-9,17,20H,10H2,1-3H3. The fourth-order valence-electron chi connectivity index (χ4n) is 2.48. The third kappa shape index (κ3) is 3.20. The second kappa shape index (κ2) is 6.38. The summed E-state index contributed by atoms with van der Waals surface area (Å²) in [6.07, 6.45) is 0.809. The van der Waals surface area contributed by atoms with Gasteiger partial charge >= 0.3 is 0 Å². The monoisotopic (exact) mass is 291 g/mol. The number of nitrogens with one attached hydrogen (secondary N) is 1. The zero-order valence-electron chi connectivity index (χ0n) is 12.0. The summed E-state index contributed by atoms with van der Waals surface area (Å²) in [5.74, 6) is -0.189. The maximum atomic E-state index is 13.2. The molecule has 0 aliphatic rings. The summed E-state index contributed by atoms with van der Waals surface area (Å²) < 4.78 is 13.2. The molecule has 0 radical (unpaired) electrons. The van der Waals surface area contributed by atoms with Crippen LogP contribution in [-0.2, 0) is 6.42 Å². The summed E-state index contributed by atoms with van der Waals surface area (Å²) in [6, 6.07) is 11.1. The number of aryl methyl sites for hydroxylation is 1. The minimum atomic E-state index is -0.189. The largest absolute Gasteiger partial charge is 0.313 e. The van der Waals surface area contributed by atoms with Crippen molar-refractivity contribution in [3.05, 3.63) is 69.5 Å². The number of hydrogen-bond donors (Lipinski definition) is 1. The van der Waals surface area contributed by atoms with Crippen molar-refractivity contribution < 1.29 is 4.39 Å². The number of hydrogen-bond acceptors (Lipinski definition) is 1. The van der Waals surface area contributed by atoms with Crippen molar-refractivity contribution in [3.8, 4) is 0 Å². The Hall–Kier alpha value is -1.38. The first-order valence-electron chi connectivity index (χ1n) is 6.70. The van der Waals surface area contributed by atoms with E-state index in [2.05, 4.69) is 11.4 Å². The molecular weight excluding hydrogens is 273 g/mol. The highest BCUT2D eigenvalue weighted by Gasteiger charge is 2.15. The van der Waals surface area contributed by atoms with Crippen LogP contribution in [0.3, 0.4) is 0 Å². The highest BCUT2D eigenvalue weighted by Crippen LogP contribution is 2.27. The molecule has 0 aromatic heterocycles. The molecule has 0 aliphatic heterocycles. The van der Waals surface area contributed by atoms with Gasteiger partial charge in [0.15, 0.2) is 0 Å². The van der Waals surface area contributed by atoms with Crippen LogP contribution in [0.25, 0.3) is 0 Å². The predicted octanol–water partition coefficient (Wildman–Crippen LogP) is 4.60. The van der Waals surface area contributed by atoms with Gasteiger partial charge in [0.1, 0.15) is 5.82 Å². The van der Waals surface area contributed by atoms with E-state index in [1.165, 1.54) is 11.6 Å². The molecule has 106 valence electrons. The Morgan fingerprint density at radius 1 is 1.20 bits per heavy atom. The minimum Gasteiger partial charge on any atom is -0.313 e. The van der Waals surface area contributed by atoms with Gasteiger partial charge < -0.3 is 5.32 Å². The smallest absolute Gasteiger partial charge is 0.123 e. The number of likely N-dealkylation sites (N-methyl/N-ethyl adjacent to an activating group) is 1. The number of rotatable bonds is 4. The first kappa shape index (κ1) is 15.0. The molecule has 1 N–H and O–H groups in total. The van der Waals surface area contributed by atoms with Gasteiger partial charge in [0.25, 0.3) is 0 Å². The Morgan fingerprint density at radius 2 is 1.95 bits per heavy atom. The molecule has 3 heteroatoms. The van der Waals surface area contributed by atoms with E-state index in [0.717, 1.165) is 28.1 Å². The molecular formula is C17H19ClFN. The molecule has 1 unspecified atom stereocenters. The number of halogens is 2. The van der Waals surface area contributed by atoms with Crippen LogP contribution in [0.4, 0.5) is 4.39 Å². The van der Waals surface area contributed by atoms with Crippen molar-refractivity contribution in [1.82, 2.24) is 5.32 Å². The highest BCUT2D eigenvalue weighted by atomic mass is 35.5. The van der Waals surface area contributed by atoms with E-state index >= 15 is 0 Å². The SMILES string of the molecule is CNC(Cc1ccc(F)cc1C)c1cccc(Cl)c1C. The lowest BCUT2D eigenvalue weighted by molar-refractivity contribution is 0.584. The van der Waals surface area contributed by atoms with Crippen molar-refractivity contribution in [3.63, 3.8) is 0 Å². The summed E-state index contributed by atoms with van der Waals surface area (Å²) >= 11 is 6.19. The van der Waals surface area contributed by atoms with Crippen LogP contribution < -0.4 is 5.32 Å². The van der Waals surface area contributed by atoms with Gasteiger partial charge in [0.05, 0.1) is 0 Å². The lowest BCUT2D eigenvalue weighted by Crippen LogP contribution is -2.20. The molecule has 0 heterocycles. The average molecular weight is 292 g/mol. The number of benzene rings is 2. The summed E-state index contributed by atoms with van der Waals surface area (Å²) in [5, 5.41) is 4.10. The van der Waals surface area contributed by atoms with Gasteiger partial charge in [0.2, 0.25) is 0 Å². The molecule has 0 spiro atoms. The molecule has 2 aromatic carbocycles. The van der Waals surface area contributed by atoms with E-state index in [1.807, 2.05) is 39.1 Å². The molecule has 20 heavy (non-hydrogen) atoms. The zero-order chi connectivity index (χ0) is 14.7. The Kier molecular flexibility index (Phi) is 4.79. The summed E-state index contributed by atoms with van der Waals surface area (Å²) in [6.45, 7) is 3.97. The maximum absolute atomic E-state index is 13.2. The molecule has 0 saturated heterocycles. The minimum absolute atomic E-state index is 0.165. The molecule has 0 fully saturated rings. The van der Waals surface area contributed by atoms with E-state index in [9.17, 15) is 4.39 Å². The third-order valence-corrected chi connectivity index (χ3v) is 4.17. The molecule has 1 nitrogen and oxygen atoms in total. The first-order chi connectivity index (χ1) is 9.52. The van der Waals surface area contributed by atoms with Crippen LogP contribution in [0.5, 0.6) is 0 Å². The van der Waals surface area contributed by atoms with Crippen molar-refractivity contribution in [1.29, 1.82) is 0 Å². The summed E-state index contributed by atoms with van der Waals surface area (Å²) in [5.41, 5.74) is 4.40. The fourth-order valence-corrected chi connectivity index (χ4v) is 2.66. The van der Waals surface area contributed by atoms with Crippen molar-refractivity contribution in [2.24, 2.45) is 0 Å². The summed E-state index contributed by atoms with van der Waals surface area (Å²) in [4.78, 5) is 0. The third-order valence-electron chi connectivity index (χ3n) is 3.76. The topological polar surface area (TPSA) is 12.0 Å². The van der Waals surface area contributed by atoms with E-state index in [1.54, 1.807) is 6.07 Å². The van der Waals surface area contributed by atoms with E-state index in [-0.39, 0.29) is 11.9 Å². The van der Waals surface area contributed by atoms with Gasteiger partial charge in [0, 0.05) is 11.1 Å². The predicted molar refractivity (Wildman–Crippen MR) is 82.8 cm³/mol. The molecule has 2 rings (SSSR count). The van der Waals surface area contributed by atoms with Gasteiger partial charge in [-0.05, 0) is 67.8 Å². The van der Waals surface area contributed by atoms with Gasteiger partial charge in [-0.25, -0.2) is 4.39 Å². The second-order valence-corrected chi connectivity index (χ2v) is 5.48. The van der Waals surface area contributed by atoms with Crippen LogP contribution in [0.2, 0.25) is 5.02 Å². The molecule has 2 aromatic rings. The van der Waals surface area contributed by atoms with Crippen LogP contribution in [0, 0.1) is 19.7 Å². The molecule has 0 amide bonds. The highest BCUT2D eigenvalue weighted by molar-refractivity contribution is 6.31. The molecule has 0 saturated carbocycles. The second-order valence-electron chi connectivity index (χ2n) is 5.07. The Bertz CT molecular complexity index is 610. The van der Waals surface area contributed by atoms with Crippen molar-refractivity contribution in [2.75, 3.05) is 7.05 Å². The van der Waals surface area contributed by atoms with Crippen LogP contribution >= 0.6 is 11.6 Å². The molecule has 0 bridgehead atoms. The molecule has 0 aliphatic carbocycles. The van der Waals surface area contributed by atoms with E-state index < -0.39 is 0 Å². The first-order valence-corrected chi connectivity index (χ1v) is 7.08. The normalized spacial score (nSPS) is 12.4. The average Bonchev–Trinajstić information content (AvgIpc) is 2.42. The van der Waals surface area contributed by atoms with Gasteiger partial charge in [-0.1, -0.05) is 29.8 Å². The van der Waals surface area contributed by atoms with Crippen molar-refractivity contribution in [2.45, 2.75) is 26.3 Å². The van der Waals surface area contributed by atoms with Crippen LogP contribution in [0.1, 0.15) is 28.3 Å². The van der Waals surface area contributed by atoms with Gasteiger partial charge in [-0.15, -0.1) is 0 Å². The van der Waals surface area contributed by atoms with E-state index in [0.29, 0.717) is 0 Å². The molecule has 1 atom stereocenters. The van der Waals surface area contributed by atoms with Gasteiger partial charge in [-0.3, -0.25) is 0 Å². The lowest BCUT2D eigenvalue weighted by atomic mass is 9.93.